The fourth-order valence-corrected chi connectivity index (χ4v) is 4.23. The molecule has 1 amide bonds. The quantitative estimate of drug-likeness (QED) is 0.422. The minimum atomic E-state index is -0.388. The van der Waals surface area contributed by atoms with E-state index in [0.717, 1.165) is 24.5 Å². The number of anilines is 1. The summed E-state index contributed by atoms with van der Waals surface area (Å²) in [5, 5.41) is 4.16. The minimum absolute atomic E-state index is 0.0181. The molecule has 10 heteroatoms. The van der Waals surface area contributed by atoms with Crippen molar-refractivity contribution in [1.29, 1.82) is 0 Å². The first-order chi connectivity index (χ1) is 17.0. The molecular weight excluding hydrogens is 453 g/mol. The molecule has 0 radical (unpaired) electrons. The maximum Gasteiger partial charge on any atom is 0.266 e. The standard InChI is InChI=1S/C25H24FN5O4/c1-34-20-8-6-19(7-9-20)29-12-14-30(15-13-29)21(32)10-11-31-16-27-24-22(25(31)33)23(28-35-24)17-2-4-18(26)5-3-17/h2-9,16H,10-15H2,1H3. The summed E-state index contributed by atoms with van der Waals surface area (Å²) < 4.78 is 25.1. The zero-order valence-electron chi connectivity index (χ0n) is 19.2. The lowest BCUT2D eigenvalue weighted by Crippen LogP contribution is -2.49. The molecule has 1 aliphatic heterocycles. The fourth-order valence-electron chi connectivity index (χ4n) is 4.23. The number of aromatic nitrogens is 3. The Morgan fingerprint density at radius 3 is 2.46 bits per heavy atom. The van der Waals surface area contributed by atoms with Crippen LogP contribution in [-0.4, -0.2) is 58.8 Å². The zero-order chi connectivity index (χ0) is 24.4. The van der Waals surface area contributed by atoms with Gasteiger partial charge in [0.25, 0.3) is 11.3 Å². The number of ether oxygens (including phenoxy) is 1. The number of hydrogen-bond acceptors (Lipinski definition) is 7. The molecule has 0 saturated carbocycles. The number of nitrogens with zero attached hydrogens (tertiary/aromatic N) is 5. The molecule has 5 rings (SSSR count). The summed E-state index contributed by atoms with van der Waals surface area (Å²) in [6.07, 6.45) is 1.53. The highest BCUT2D eigenvalue weighted by molar-refractivity contribution is 5.88. The van der Waals surface area contributed by atoms with Crippen molar-refractivity contribution in [2.75, 3.05) is 38.2 Å². The Bertz CT molecular complexity index is 1390. The van der Waals surface area contributed by atoms with Crippen LogP contribution in [-0.2, 0) is 11.3 Å². The molecule has 2 aromatic carbocycles. The van der Waals surface area contributed by atoms with Crippen LogP contribution < -0.4 is 15.2 Å². The second-order valence-corrected chi connectivity index (χ2v) is 8.28. The van der Waals surface area contributed by atoms with E-state index in [9.17, 15) is 14.0 Å². The average molecular weight is 477 g/mol. The van der Waals surface area contributed by atoms with E-state index in [1.165, 1.54) is 35.2 Å². The number of carbonyl (C=O) groups excluding carboxylic acids is 1. The highest BCUT2D eigenvalue weighted by atomic mass is 19.1. The SMILES string of the molecule is COc1ccc(N2CCN(C(=O)CCn3cnc4onc(-c5ccc(F)cc5)c4c3=O)CC2)cc1. The molecule has 9 nitrogen and oxygen atoms in total. The summed E-state index contributed by atoms with van der Waals surface area (Å²) in [6, 6.07) is 13.5. The fraction of sp³-hybridized carbons (Fsp3) is 0.280. The molecule has 3 heterocycles. The molecule has 0 unspecified atom stereocenters. The molecule has 180 valence electrons. The lowest BCUT2D eigenvalue weighted by atomic mass is 10.1. The van der Waals surface area contributed by atoms with Gasteiger partial charge in [0.2, 0.25) is 5.91 Å². The van der Waals surface area contributed by atoms with E-state index in [1.54, 1.807) is 7.11 Å². The lowest BCUT2D eigenvalue weighted by molar-refractivity contribution is -0.131. The van der Waals surface area contributed by atoms with Crippen LogP contribution >= 0.6 is 0 Å². The molecule has 1 aliphatic rings. The first kappa shape index (κ1) is 22.6. The van der Waals surface area contributed by atoms with Crippen molar-refractivity contribution >= 4 is 22.7 Å². The van der Waals surface area contributed by atoms with Gasteiger partial charge in [-0.2, -0.15) is 0 Å². The monoisotopic (exact) mass is 477 g/mol. The predicted octanol–water partition coefficient (Wildman–Crippen LogP) is 2.94. The van der Waals surface area contributed by atoms with Gasteiger partial charge in [-0.05, 0) is 48.5 Å². The zero-order valence-corrected chi connectivity index (χ0v) is 19.2. The van der Waals surface area contributed by atoms with Crippen molar-refractivity contribution in [3.05, 3.63) is 71.0 Å². The molecule has 0 bridgehead atoms. The van der Waals surface area contributed by atoms with Gasteiger partial charge in [-0.1, -0.05) is 5.16 Å². The Balaban J connectivity index is 1.23. The molecule has 4 aromatic rings. The topological polar surface area (TPSA) is 93.7 Å². The van der Waals surface area contributed by atoms with Crippen molar-refractivity contribution in [1.82, 2.24) is 19.6 Å². The van der Waals surface area contributed by atoms with Crippen LogP contribution in [0.3, 0.4) is 0 Å². The van der Waals surface area contributed by atoms with E-state index in [-0.39, 0.29) is 41.3 Å². The third-order valence-corrected chi connectivity index (χ3v) is 6.22. The highest BCUT2D eigenvalue weighted by Crippen LogP contribution is 2.24. The Morgan fingerprint density at radius 2 is 1.77 bits per heavy atom. The van der Waals surface area contributed by atoms with E-state index >= 15 is 0 Å². The molecule has 1 fully saturated rings. The second kappa shape index (κ2) is 9.57. The van der Waals surface area contributed by atoms with Crippen LogP contribution in [0.1, 0.15) is 6.42 Å². The number of hydrogen-bond donors (Lipinski definition) is 0. The molecule has 35 heavy (non-hydrogen) atoms. The number of halogens is 1. The summed E-state index contributed by atoms with van der Waals surface area (Å²) in [5.41, 5.74) is 1.69. The molecule has 0 spiro atoms. The maximum atomic E-state index is 13.3. The van der Waals surface area contributed by atoms with E-state index in [4.69, 9.17) is 9.26 Å². The molecule has 2 aromatic heterocycles. The van der Waals surface area contributed by atoms with E-state index in [0.29, 0.717) is 24.3 Å². The van der Waals surface area contributed by atoms with E-state index < -0.39 is 0 Å². The van der Waals surface area contributed by atoms with Crippen molar-refractivity contribution in [3.63, 3.8) is 0 Å². The number of aryl methyl sites for hydroxylation is 1. The van der Waals surface area contributed by atoms with Crippen LogP contribution in [0, 0.1) is 5.82 Å². The summed E-state index contributed by atoms with van der Waals surface area (Å²) in [5.74, 6) is 0.400. The van der Waals surface area contributed by atoms with Gasteiger partial charge in [0, 0.05) is 50.4 Å². The van der Waals surface area contributed by atoms with Crippen LogP contribution in [0.15, 0.2) is 64.2 Å². The summed E-state index contributed by atoms with van der Waals surface area (Å²) >= 11 is 0. The van der Waals surface area contributed by atoms with Crippen molar-refractivity contribution in [3.8, 4) is 17.0 Å². The Labute approximate surface area is 200 Å². The Kier molecular flexibility index (Phi) is 6.17. The van der Waals surface area contributed by atoms with Gasteiger partial charge in [-0.15, -0.1) is 0 Å². The van der Waals surface area contributed by atoms with Gasteiger partial charge >= 0.3 is 0 Å². The molecule has 0 aliphatic carbocycles. The van der Waals surface area contributed by atoms with Gasteiger partial charge in [0.15, 0.2) is 0 Å². The highest BCUT2D eigenvalue weighted by Gasteiger charge is 2.22. The van der Waals surface area contributed by atoms with Crippen molar-refractivity contribution < 1.29 is 18.4 Å². The molecular formula is C25H24FN5O4. The Morgan fingerprint density at radius 1 is 1.06 bits per heavy atom. The van der Waals surface area contributed by atoms with E-state index in [1.807, 2.05) is 29.2 Å². The molecule has 0 atom stereocenters. The third-order valence-electron chi connectivity index (χ3n) is 6.22. The minimum Gasteiger partial charge on any atom is -0.497 e. The van der Waals surface area contributed by atoms with Gasteiger partial charge in [-0.3, -0.25) is 14.2 Å². The van der Waals surface area contributed by atoms with Crippen LogP contribution in [0.25, 0.3) is 22.4 Å². The Hall–Kier alpha value is -4.21. The maximum absolute atomic E-state index is 13.3. The van der Waals surface area contributed by atoms with Gasteiger partial charge in [0.05, 0.1) is 7.11 Å². The smallest absolute Gasteiger partial charge is 0.266 e. The number of piperazine rings is 1. The number of benzene rings is 2. The number of methoxy groups -OCH3 is 1. The molecule has 1 saturated heterocycles. The normalized spacial score (nSPS) is 13.9. The predicted molar refractivity (Wildman–Crippen MR) is 128 cm³/mol. The third kappa shape index (κ3) is 4.59. The lowest BCUT2D eigenvalue weighted by Gasteiger charge is -2.36. The van der Waals surface area contributed by atoms with Crippen LogP contribution in [0.5, 0.6) is 5.75 Å². The number of rotatable bonds is 6. The van der Waals surface area contributed by atoms with Crippen molar-refractivity contribution in [2.24, 2.45) is 0 Å². The number of amides is 1. The van der Waals surface area contributed by atoms with Gasteiger partial charge in [-0.25, -0.2) is 9.37 Å². The van der Waals surface area contributed by atoms with Crippen molar-refractivity contribution in [2.45, 2.75) is 13.0 Å². The summed E-state index contributed by atoms with van der Waals surface area (Å²) in [7, 11) is 1.64. The largest absolute Gasteiger partial charge is 0.497 e. The van der Waals surface area contributed by atoms with Crippen LogP contribution in [0.4, 0.5) is 10.1 Å². The molecule has 0 N–H and O–H groups in total. The van der Waals surface area contributed by atoms with Gasteiger partial charge in [0.1, 0.15) is 29.0 Å². The number of fused-ring (bicyclic) bond motifs is 1. The van der Waals surface area contributed by atoms with Crippen LogP contribution in [0.2, 0.25) is 0 Å². The van der Waals surface area contributed by atoms with E-state index in [2.05, 4.69) is 15.0 Å². The average Bonchev–Trinajstić information content (AvgIpc) is 3.34. The second-order valence-electron chi connectivity index (χ2n) is 8.28. The summed E-state index contributed by atoms with van der Waals surface area (Å²) in [4.78, 5) is 34.1. The first-order valence-corrected chi connectivity index (χ1v) is 11.3. The summed E-state index contributed by atoms with van der Waals surface area (Å²) in [6.45, 7) is 2.86. The first-order valence-electron chi connectivity index (χ1n) is 11.3. The number of carbonyl (C=O) groups is 1. The van der Waals surface area contributed by atoms with Gasteiger partial charge < -0.3 is 19.1 Å².